The molecule has 0 radical (unpaired) electrons. The van der Waals surface area contributed by atoms with Crippen molar-refractivity contribution < 1.29 is 18.3 Å². The molecule has 0 aliphatic carbocycles. The molecule has 0 bridgehead atoms. The molecule has 0 saturated heterocycles. The number of alkyl halides is 2. The fraction of sp³-hybridized carbons (Fsp3) is 0.231. The van der Waals surface area contributed by atoms with Gasteiger partial charge in [0.2, 0.25) is 0 Å². The van der Waals surface area contributed by atoms with Crippen LogP contribution in [-0.4, -0.2) is 22.3 Å². The summed E-state index contributed by atoms with van der Waals surface area (Å²) in [5.74, 6) is -0.673. The van der Waals surface area contributed by atoms with Gasteiger partial charge in [-0.15, -0.1) is 0 Å². The van der Waals surface area contributed by atoms with Crippen molar-refractivity contribution in [2.45, 2.75) is 13.2 Å². The number of halogens is 3. The van der Waals surface area contributed by atoms with Gasteiger partial charge < -0.3 is 10.1 Å². The van der Waals surface area contributed by atoms with Crippen LogP contribution in [0.25, 0.3) is 0 Å². The molecular weight excluding hydrogens is 348 g/mol. The SMILES string of the molecule is Cn1cc(CNC(=O)c2cc(Br)ccc2OC(F)F)cn1. The lowest BCUT2D eigenvalue weighted by Gasteiger charge is -2.11. The highest BCUT2D eigenvalue weighted by Gasteiger charge is 2.16. The molecule has 5 nitrogen and oxygen atoms in total. The highest BCUT2D eigenvalue weighted by molar-refractivity contribution is 9.10. The third-order valence-electron chi connectivity index (χ3n) is 2.61. The van der Waals surface area contributed by atoms with Crippen molar-refractivity contribution in [3.05, 3.63) is 46.2 Å². The quantitative estimate of drug-likeness (QED) is 0.892. The van der Waals surface area contributed by atoms with Gasteiger partial charge >= 0.3 is 6.61 Å². The summed E-state index contributed by atoms with van der Waals surface area (Å²) in [6.07, 6.45) is 3.36. The lowest BCUT2D eigenvalue weighted by Crippen LogP contribution is -2.23. The molecule has 0 saturated carbocycles. The highest BCUT2D eigenvalue weighted by atomic mass is 79.9. The molecule has 1 aromatic heterocycles. The standard InChI is InChI=1S/C13H12BrF2N3O2/c1-19-7-8(6-18-19)5-17-12(20)10-4-9(14)2-3-11(10)21-13(15)16/h2-4,6-7,13H,5H2,1H3,(H,17,20). The minimum Gasteiger partial charge on any atom is -0.434 e. The molecule has 1 N–H and O–H groups in total. The Bertz CT molecular complexity index is 646. The maximum Gasteiger partial charge on any atom is 0.387 e. The van der Waals surface area contributed by atoms with Gasteiger partial charge in [-0.3, -0.25) is 9.48 Å². The Hall–Kier alpha value is -1.96. The number of hydrogen-bond donors (Lipinski definition) is 1. The summed E-state index contributed by atoms with van der Waals surface area (Å²) in [6, 6.07) is 4.27. The summed E-state index contributed by atoms with van der Waals surface area (Å²) < 4.78 is 31.2. The Kier molecular flexibility index (Phi) is 4.89. The van der Waals surface area contributed by atoms with Gasteiger partial charge in [-0.05, 0) is 18.2 Å². The molecule has 112 valence electrons. The summed E-state index contributed by atoms with van der Waals surface area (Å²) in [4.78, 5) is 12.1. The van der Waals surface area contributed by atoms with E-state index in [1.54, 1.807) is 24.1 Å². The Morgan fingerprint density at radius 2 is 2.29 bits per heavy atom. The van der Waals surface area contributed by atoms with Crippen LogP contribution in [0.4, 0.5) is 8.78 Å². The minimum absolute atomic E-state index is 0.0357. The van der Waals surface area contributed by atoms with E-state index >= 15 is 0 Å². The largest absolute Gasteiger partial charge is 0.434 e. The Morgan fingerprint density at radius 1 is 1.52 bits per heavy atom. The van der Waals surface area contributed by atoms with Gasteiger partial charge in [-0.1, -0.05) is 15.9 Å². The number of rotatable bonds is 5. The van der Waals surface area contributed by atoms with E-state index in [1.807, 2.05) is 0 Å². The topological polar surface area (TPSA) is 56.2 Å². The van der Waals surface area contributed by atoms with Gasteiger partial charge in [0.15, 0.2) is 0 Å². The van der Waals surface area contributed by atoms with Crippen LogP contribution in [0.15, 0.2) is 35.1 Å². The molecule has 0 aliphatic rings. The molecule has 0 fully saturated rings. The smallest absolute Gasteiger partial charge is 0.387 e. The number of amides is 1. The second-order valence-electron chi connectivity index (χ2n) is 4.22. The molecule has 2 rings (SSSR count). The number of benzene rings is 1. The monoisotopic (exact) mass is 359 g/mol. The van der Waals surface area contributed by atoms with Gasteiger partial charge in [-0.2, -0.15) is 13.9 Å². The summed E-state index contributed by atoms with van der Waals surface area (Å²) in [5, 5.41) is 6.60. The van der Waals surface area contributed by atoms with Gasteiger partial charge in [-0.25, -0.2) is 0 Å². The van der Waals surface area contributed by atoms with E-state index < -0.39 is 12.5 Å². The lowest BCUT2D eigenvalue weighted by molar-refractivity contribution is -0.0501. The number of nitrogens with one attached hydrogen (secondary N) is 1. The predicted molar refractivity (Wildman–Crippen MR) is 75.2 cm³/mol. The summed E-state index contributed by atoms with van der Waals surface area (Å²) in [5.41, 5.74) is 0.839. The molecule has 1 amide bonds. The second kappa shape index (κ2) is 6.66. The molecule has 21 heavy (non-hydrogen) atoms. The van der Waals surface area contributed by atoms with Gasteiger partial charge in [0, 0.05) is 29.8 Å². The highest BCUT2D eigenvalue weighted by Crippen LogP contribution is 2.24. The zero-order chi connectivity index (χ0) is 15.4. The van der Waals surface area contributed by atoms with Crippen LogP contribution in [0.2, 0.25) is 0 Å². The first kappa shape index (κ1) is 15.4. The zero-order valence-corrected chi connectivity index (χ0v) is 12.6. The number of carbonyl (C=O) groups is 1. The average Bonchev–Trinajstić information content (AvgIpc) is 2.83. The summed E-state index contributed by atoms with van der Waals surface area (Å²) >= 11 is 3.19. The number of aryl methyl sites for hydroxylation is 1. The lowest BCUT2D eigenvalue weighted by atomic mass is 10.2. The second-order valence-corrected chi connectivity index (χ2v) is 5.14. The van der Waals surface area contributed by atoms with Crippen LogP contribution in [0.1, 0.15) is 15.9 Å². The maximum atomic E-state index is 12.3. The Balaban J connectivity index is 2.12. The normalized spacial score (nSPS) is 10.7. The van der Waals surface area contributed by atoms with Crippen molar-refractivity contribution in [1.82, 2.24) is 15.1 Å². The number of hydrogen-bond acceptors (Lipinski definition) is 3. The van der Waals surface area contributed by atoms with E-state index in [-0.39, 0.29) is 17.9 Å². The van der Waals surface area contributed by atoms with Gasteiger partial charge in [0.1, 0.15) is 5.75 Å². The Labute approximate surface area is 128 Å². The van der Waals surface area contributed by atoms with Gasteiger partial charge in [0.05, 0.1) is 11.8 Å². The minimum atomic E-state index is -2.99. The van der Waals surface area contributed by atoms with Crippen LogP contribution in [0, 0.1) is 0 Å². The van der Waals surface area contributed by atoms with E-state index in [9.17, 15) is 13.6 Å². The Morgan fingerprint density at radius 3 is 2.90 bits per heavy atom. The fourth-order valence-corrected chi connectivity index (χ4v) is 2.08. The molecular formula is C13H12BrF2N3O2. The van der Waals surface area contributed by atoms with Crippen molar-refractivity contribution in [2.24, 2.45) is 7.05 Å². The molecule has 0 atom stereocenters. The van der Waals surface area contributed by atoms with Crippen LogP contribution in [0.5, 0.6) is 5.75 Å². The molecule has 8 heteroatoms. The van der Waals surface area contributed by atoms with E-state index in [2.05, 4.69) is 31.1 Å². The molecule has 1 aromatic carbocycles. The molecule has 0 spiro atoms. The van der Waals surface area contributed by atoms with Crippen molar-refractivity contribution in [3.8, 4) is 5.75 Å². The molecule has 0 aliphatic heterocycles. The first-order valence-corrected chi connectivity index (χ1v) is 6.75. The predicted octanol–water partition coefficient (Wildman–Crippen LogP) is 2.71. The van der Waals surface area contributed by atoms with Crippen molar-refractivity contribution in [2.75, 3.05) is 0 Å². The first-order valence-electron chi connectivity index (χ1n) is 5.96. The number of aromatic nitrogens is 2. The zero-order valence-electron chi connectivity index (χ0n) is 11.0. The number of ether oxygens (including phenoxy) is 1. The van der Waals surface area contributed by atoms with Crippen LogP contribution in [-0.2, 0) is 13.6 Å². The van der Waals surface area contributed by atoms with E-state index in [4.69, 9.17) is 0 Å². The van der Waals surface area contributed by atoms with Crippen molar-refractivity contribution in [1.29, 1.82) is 0 Å². The fourth-order valence-electron chi connectivity index (χ4n) is 1.72. The molecule has 0 unspecified atom stereocenters. The van der Waals surface area contributed by atoms with Crippen molar-refractivity contribution >= 4 is 21.8 Å². The van der Waals surface area contributed by atoms with E-state index in [0.29, 0.717) is 4.47 Å². The number of nitrogens with zero attached hydrogens (tertiary/aromatic N) is 2. The third kappa shape index (κ3) is 4.25. The summed E-state index contributed by atoms with van der Waals surface area (Å²) in [6.45, 7) is -2.75. The van der Waals surface area contributed by atoms with Crippen LogP contribution < -0.4 is 10.1 Å². The maximum absolute atomic E-state index is 12.3. The van der Waals surface area contributed by atoms with E-state index in [1.165, 1.54) is 18.2 Å². The average molecular weight is 360 g/mol. The van der Waals surface area contributed by atoms with Gasteiger partial charge in [0.25, 0.3) is 5.91 Å². The van der Waals surface area contributed by atoms with Crippen molar-refractivity contribution in [3.63, 3.8) is 0 Å². The van der Waals surface area contributed by atoms with Crippen LogP contribution >= 0.6 is 15.9 Å². The first-order chi connectivity index (χ1) is 9.95. The molecule has 1 heterocycles. The third-order valence-corrected chi connectivity index (χ3v) is 3.11. The van der Waals surface area contributed by atoms with Crippen LogP contribution in [0.3, 0.4) is 0 Å². The molecule has 2 aromatic rings. The number of carbonyl (C=O) groups excluding carboxylic acids is 1. The van der Waals surface area contributed by atoms with E-state index in [0.717, 1.165) is 5.56 Å². The summed E-state index contributed by atoms with van der Waals surface area (Å²) in [7, 11) is 1.76.